The smallest absolute Gasteiger partial charge is 0.194 e. The Labute approximate surface area is 196 Å². The summed E-state index contributed by atoms with van der Waals surface area (Å²) < 4.78 is 69.4. The van der Waals surface area contributed by atoms with Crippen molar-refractivity contribution in [3.8, 4) is 11.8 Å². The van der Waals surface area contributed by atoms with E-state index < -0.39 is 29.1 Å². The topological polar surface area (TPSA) is 0 Å². The van der Waals surface area contributed by atoms with Crippen LogP contribution in [0.25, 0.3) is 0 Å². The lowest BCUT2D eigenvalue weighted by Crippen LogP contribution is -2.15. The van der Waals surface area contributed by atoms with E-state index in [1.54, 1.807) is 18.2 Å². The molecule has 34 heavy (non-hydrogen) atoms. The number of halogens is 5. The number of fused-ring (bicyclic) bond motifs is 1. The molecule has 1 aliphatic carbocycles. The fourth-order valence-electron chi connectivity index (χ4n) is 4.55. The Balaban J connectivity index is 1.50. The van der Waals surface area contributed by atoms with E-state index in [0.29, 0.717) is 42.4 Å². The van der Waals surface area contributed by atoms with Gasteiger partial charge >= 0.3 is 0 Å². The molecule has 3 aromatic rings. The first kappa shape index (κ1) is 24.0. The molecular weight excluding hydrogens is 443 g/mol. The van der Waals surface area contributed by atoms with Gasteiger partial charge in [0.05, 0.1) is 0 Å². The van der Waals surface area contributed by atoms with Crippen molar-refractivity contribution < 1.29 is 22.0 Å². The van der Waals surface area contributed by atoms with Crippen molar-refractivity contribution in [1.29, 1.82) is 0 Å². The van der Waals surface area contributed by atoms with E-state index in [4.69, 9.17) is 0 Å². The average molecular weight is 469 g/mol. The van der Waals surface area contributed by atoms with Gasteiger partial charge in [0.2, 0.25) is 0 Å². The Morgan fingerprint density at radius 1 is 0.765 bits per heavy atom. The number of hydrogen-bond donors (Lipinski definition) is 0. The van der Waals surface area contributed by atoms with Crippen molar-refractivity contribution in [3.05, 3.63) is 105 Å². The Hall–Kier alpha value is -3.13. The second kappa shape index (κ2) is 10.4. The molecule has 176 valence electrons. The molecule has 0 saturated carbocycles. The van der Waals surface area contributed by atoms with Crippen molar-refractivity contribution in [3.63, 3.8) is 0 Å². The van der Waals surface area contributed by atoms with E-state index in [-0.39, 0.29) is 11.5 Å². The molecule has 3 aromatic carbocycles. The van der Waals surface area contributed by atoms with Gasteiger partial charge in [-0.2, -0.15) is 0 Å². The van der Waals surface area contributed by atoms with Gasteiger partial charge in [0.1, 0.15) is 0 Å². The number of unbranched alkanes of at least 4 members (excludes halogenated alkanes) is 2. The molecule has 4 rings (SSSR count). The molecule has 0 aromatic heterocycles. The molecule has 1 unspecified atom stereocenters. The highest BCUT2D eigenvalue weighted by Crippen LogP contribution is 2.35. The zero-order valence-corrected chi connectivity index (χ0v) is 19.0. The zero-order valence-electron chi connectivity index (χ0n) is 19.0. The van der Waals surface area contributed by atoms with Crippen molar-refractivity contribution >= 4 is 0 Å². The molecule has 0 N–H and O–H groups in total. The first-order valence-electron chi connectivity index (χ1n) is 11.6. The summed E-state index contributed by atoms with van der Waals surface area (Å²) >= 11 is 0. The number of aryl methyl sites for hydroxylation is 2. The van der Waals surface area contributed by atoms with E-state index in [9.17, 15) is 22.0 Å². The minimum atomic E-state index is -1.52. The van der Waals surface area contributed by atoms with Crippen LogP contribution in [-0.4, -0.2) is 0 Å². The highest BCUT2D eigenvalue weighted by atomic mass is 19.2. The van der Waals surface area contributed by atoms with Gasteiger partial charge < -0.3 is 0 Å². The maximum atomic E-state index is 14.9. The van der Waals surface area contributed by atoms with Crippen LogP contribution in [0.15, 0.2) is 42.5 Å². The van der Waals surface area contributed by atoms with Crippen LogP contribution in [0.4, 0.5) is 22.0 Å². The van der Waals surface area contributed by atoms with Crippen LogP contribution < -0.4 is 0 Å². The molecular formula is C29H25F5. The number of hydrogen-bond acceptors (Lipinski definition) is 0. The van der Waals surface area contributed by atoms with E-state index in [1.807, 2.05) is 12.1 Å². The summed E-state index contributed by atoms with van der Waals surface area (Å²) in [6.07, 6.45) is 5.39. The van der Waals surface area contributed by atoms with E-state index >= 15 is 0 Å². The second-order valence-corrected chi connectivity index (χ2v) is 8.83. The fraction of sp³-hybridized carbons (Fsp3) is 0.310. The van der Waals surface area contributed by atoms with Gasteiger partial charge in [0, 0.05) is 11.1 Å². The molecule has 0 spiro atoms. The predicted molar refractivity (Wildman–Crippen MR) is 123 cm³/mol. The summed E-state index contributed by atoms with van der Waals surface area (Å²) in [4.78, 5) is 0. The Bertz CT molecular complexity index is 1240. The van der Waals surface area contributed by atoms with Gasteiger partial charge in [0.25, 0.3) is 0 Å². The van der Waals surface area contributed by atoms with Gasteiger partial charge in [-0.05, 0) is 84.5 Å². The summed E-state index contributed by atoms with van der Waals surface area (Å²) in [6, 6.07) is 10.8. The molecule has 0 saturated heterocycles. The highest BCUT2D eigenvalue weighted by Gasteiger charge is 2.25. The summed E-state index contributed by atoms with van der Waals surface area (Å²) in [7, 11) is 0. The van der Waals surface area contributed by atoms with E-state index in [1.165, 1.54) is 0 Å². The van der Waals surface area contributed by atoms with Gasteiger partial charge in [-0.1, -0.05) is 49.8 Å². The van der Waals surface area contributed by atoms with Crippen molar-refractivity contribution in [1.82, 2.24) is 0 Å². The quantitative estimate of drug-likeness (QED) is 0.155. The first-order valence-corrected chi connectivity index (χ1v) is 11.6. The molecule has 1 aliphatic rings. The van der Waals surface area contributed by atoms with Crippen molar-refractivity contribution in [2.45, 2.75) is 57.8 Å². The maximum Gasteiger partial charge on any atom is 0.194 e. The number of benzene rings is 3. The minimum Gasteiger partial charge on any atom is -0.204 e. The van der Waals surface area contributed by atoms with Crippen LogP contribution in [0.1, 0.15) is 71.9 Å². The molecule has 0 nitrogen and oxygen atoms in total. The molecule has 0 heterocycles. The molecule has 1 atom stereocenters. The minimum absolute atomic E-state index is 0.0461. The second-order valence-electron chi connectivity index (χ2n) is 8.83. The van der Waals surface area contributed by atoms with E-state index in [2.05, 4.69) is 18.8 Å². The monoisotopic (exact) mass is 468 g/mol. The summed E-state index contributed by atoms with van der Waals surface area (Å²) in [6.45, 7) is 2.07. The van der Waals surface area contributed by atoms with Crippen LogP contribution in [-0.2, 0) is 19.3 Å². The van der Waals surface area contributed by atoms with Crippen LogP contribution in [0.2, 0.25) is 0 Å². The third-order valence-corrected chi connectivity index (χ3v) is 6.45. The third-order valence-electron chi connectivity index (χ3n) is 6.45. The van der Waals surface area contributed by atoms with Gasteiger partial charge in [0.15, 0.2) is 29.1 Å². The standard InChI is InChI=1S/C29H25F5/c1-2-3-4-5-20-12-13-24(28(33)27(20)32)23-11-10-21-14-18(8-9-22(21)17-23)6-7-19-15-25(30)29(34)26(31)16-19/h8-9,12-16,23H,2-5,10-11,17H2,1H3. The summed E-state index contributed by atoms with van der Waals surface area (Å²) in [5.74, 6) is -0.118. The average Bonchev–Trinajstić information content (AvgIpc) is 2.83. The third kappa shape index (κ3) is 5.17. The Kier molecular flexibility index (Phi) is 7.36. The van der Waals surface area contributed by atoms with Crippen LogP contribution in [0.3, 0.4) is 0 Å². The molecule has 0 aliphatic heterocycles. The molecule has 0 fully saturated rings. The maximum absolute atomic E-state index is 14.9. The molecule has 0 radical (unpaired) electrons. The van der Waals surface area contributed by atoms with Crippen molar-refractivity contribution in [2.75, 3.05) is 0 Å². The lowest BCUT2D eigenvalue weighted by atomic mass is 9.79. The van der Waals surface area contributed by atoms with Crippen LogP contribution >= 0.6 is 0 Å². The van der Waals surface area contributed by atoms with Gasteiger partial charge in [-0.25, -0.2) is 22.0 Å². The SMILES string of the molecule is CCCCCc1ccc(C2CCc3cc(C#Cc4cc(F)c(F)c(F)c4)ccc3C2)c(F)c1F. The Morgan fingerprint density at radius 2 is 1.50 bits per heavy atom. The molecule has 0 amide bonds. The lowest BCUT2D eigenvalue weighted by molar-refractivity contribution is 0.446. The fourth-order valence-corrected chi connectivity index (χ4v) is 4.55. The summed E-state index contributed by atoms with van der Waals surface area (Å²) in [5, 5.41) is 0. The normalized spacial score (nSPS) is 14.9. The summed E-state index contributed by atoms with van der Waals surface area (Å²) in [5.41, 5.74) is 3.69. The van der Waals surface area contributed by atoms with Crippen LogP contribution in [0.5, 0.6) is 0 Å². The molecule has 5 heteroatoms. The van der Waals surface area contributed by atoms with E-state index in [0.717, 1.165) is 42.5 Å². The lowest BCUT2D eigenvalue weighted by Gasteiger charge is -2.26. The first-order chi connectivity index (χ1) is 16.4. The van der Waals surface area contributed by atoms with Gasteiger partial charge in [-0.15, -0.1) is 0 Å². The zero-order chi connectivity index (χ0) is 24.2. The predicted octanol–water partition coefficient (Wildman–Crippen LogP) is 7.79. The number of rotatable bonds is 5. The Morgan fingerprint density at radius 3 is 2.24 bits per heavy atom. The molecule has 0 bridgehead atoms. The van der Waals surface area contributed by atoms with Crippen LogP contribution in [0, 0.1) is 40.9 Å². The van der Waals surface area contributed by atoms with Gasteiger partial charge in [-0.3, -0.25) is 0 Å². The largest absolute Gasteiger partial charge is 0.204 e. The van der Waals surface area contributed by atoms with Crippen molar-refractivity contribution in [2.24, 2.45) is 0 Å². The highest BCUT2D eigenvalue weighted by molar-refractivity contribution is 5.47.